The molecule has 1 rings (SSSR count). The van der Waals surface area contributed by atoms with E-state index in [0.717, 1.165) is 0 Å². The van der Waals surface area contributed by atoms with Crippen LogP contribution in [0.15, 0.2) is 12.1 Å². The third-order valence-corrected chi connectivity index (χ3v) is 2.34. The van der Waals surface area contributed by atoms with Crippen molar-refractivity contribution in [3.8, 4) is 5.75 Å². The predicted octanol–water partition coefficient (Wildman–Crippen LogP) is 3.18. The van der Waals surface area contributed by atoms with Gasteiger partial charge >= 0.3 is 0 Å². The molecule has 0 aliphatic rings. The highest BCUT2D eigenvalue weighted by Gasteiger charge is 2.08. The maximum absolute atomic E-state index is 5.90. The van der Waals surface area contributed by atoms with E-state index >= 15 is 0 Å². The normalized spacial score (nSPS) is 10.4. The summed E-state index contributed by atoms with van der Waals surface area (Å²) >= 11 is 17.6. The van der Waals surface area contributed by atoms with Crippen LogP contribution in [0.2, 0.25) is 15.1 Å². The van der Waals surface area contributed by atoms with E-state index in [1.54, 1.807) is 12.1 Å². The molecule has 1 aromatic carbocycles. The van der Waals surface area contributed by atoms with Gasteiger partial charge in [0, 0.05) is 5.02 Å². The van der Waals surface area contributed by atoms with Crippen LogP contribution >= 0.6 is 34.8 Å². The molecule has 0 saturated heterocycles. The van der Waals surface area contributed by atoms with Crippen LogP contribution in [-0.2, 0) is 4.84 Å². The molecular weight excluding hydrogens is 260 g/mol. The number of hydroxylamine groups is 1. The Kier molecular flexibility index (Phi) is 5.50. The first kappa shape index (κ1) is 12.9. The molecule has 0 spiro atoms. The van der Waals surface area contributed by atoms with Gasteiger partial charge in [0.05, 0.1) is 23.7 Å². The highest BCUT2D eigenvalue weighted by Crippen LogP contribution is 2.35. The van der Waals surface area contributed by atoms with Gasteiger partial charge in [0.1, 0.15) is 6.61 Å². The molecule has 6 heteroatoms. The molecule has 0 heterocycles. The zero-order chi connectivity index (χ0) is 11.3. The van der Waals surface area contributed by atoms with Gasteiger partial charge in [-0.3, -0.25) is 0 Å². The third kappa shape index (κ3) is 4.05. The number of nitrogens with one attached hydrogen (secondary N) is 1. The van der Waals surface area contributed by atoms with Gasteiger partial charge in [-0.2, -0.15) is 5.48 Å². The van der Waals surface area contributed by atoms with Gasteiger partial charge in [0.15, 0.2) is 5.75 Å². The van der Waals surface area contributed by atoms with Crippen molar-refractivity contribution < 1.29 is 9.57 Å². The highest BCUT2D eigenvalue weighted by molar-refractivity contribution is 6.40. The standard InChI is InChI=1S/C9H10Cl3NO2/c1-14-13-2-3-15-9-7(11)4-6(10)5-8(9)12/h4-5,13H,2-3H2,1H3. The topological polar surface area (TPSA) is 30.5 Å². The first-order valence-corrected chi connectivity index (χ1v) is 5.31. The highest BCUT2D eigenvalue weighted by atomic mass is 35.5. The summed E-state index contributed by atoms with van der Waals surface area (Å²) in [5.74, 6) is 0.431. The fourth-order valence-corrected chi connectivity index (χ4v) is 1.89. The molecule has 3 nitrogen and oxygen atoms in total. The third-order valence-electron chi connectivity index (χ3n) is 1.56. The molecule has 0 aliphatic heterocycles. The van der Waals surface area contributed by atoms with Crippen molar-refractivity contribution in [2.75, 3.05) is 20.3 Å². The summed E-state index contributed by atoms with van der Waals surface area (Å²) < 4.78 is 5.36. The predicted molar refractivity (Wildman–Crippen MR) is 62.0 cm³/mol. The van der Waals surface area contributed by atoms with Crippen LogP contribution in [0.3, 0.4) is 0 Å². The maximum Gasteiger partial charge on any atom is 0.156 e. The van der Waals surface area contributed by atoms with E-state index in [0.29, 0.717) is 34.0 Å². The molecule has 84 valence electrons. The molecule has 0 aliphatic carbocycles. The number of halogens is 3. The minimum Gasteiger partial charge on any atom is -0.489 e. The summed E-state index contributed by atoms with van der Waals surface area (Å²) in [6, 6.07) is 3.15. The van der Waals surface area contributed by atoms with Crippen LogP contribution < -0.4 is 10.2 Å². The Morgan fingerprint density at radius 3 is 2.33 bits per heavy atom. The van der Waals surface area contributed by atoms with Crippen molar-refractivity contribution in [1.82, 2.24) is 5.48 Å². The van der Waals surface area contributed by atoms with Crippen molar-refractivity contribution >= 4 is 34.8 Å². The van der Waals surface area contributed by atoms with Crippen LogP contribution in [0.5, 0.6) is 5.75 Å². The lowest BCUT2D eigenvalue weighted by Crippen LogP contribution is -2.19. The second-order valence-electron chi connectivity index (χ2n) is 2.65. The van der Waals surface area contributed by atoms with Crippen molar-refractivity contribution in [3.05, 3.63) is 27.2 Å². The molecule has 0 saturated carbocycles. The number of hydrogen-bond acceptors (Lipinski definition) is 3. The van der Waals surface area contributed by atoms with E-state index in [9.17, 15) is 0 Å². The van der Waals surface area contributed by atoms with E-state index in [-0.39, 0.29) is 0 Å². The molecule has 15 heavy (non-hydrogen) atoms. The summed E-state index contributed by atoms with van der Waals surface area (Å²) in [5.41, 5.74) is 2.63. The fraction of sp³-hybridized carbons (Fsp3) is 0.333. The zero-order valence-corrected chi connectivity index (χ0v) is 10.3. The second kappa shape index (κ2) is 6.40. The Hall–Kier alpha value is -0.190. The molecule has 0 unspecified atom stereocenters. The summed E-state index contributed by atoms with van der Waals surface area (Å²) in [5, 5.41) is 1.27. The van der Waals surface area contributed by atoms with Gasteiger partial charge in [-0.05, 0) is 12.1 Å². The van der Waals surface area contributed by atoms with E-state index in [1.807, 2.05) is 0 Å². The van der Waals surface area contributed by atoms with E-state index in [1.165, 1.54) is 7.11 Å². The first-order valence-electron chi connectivity index (χ1n) is 4.18. The van der Waals surface area contributed by atoms with Crippen LogP contribution in [0.4, 0.5) is 0 Å². The van der Waals surface area contributed by atoms with Gasteiger partial charge in [-0.25, -0.2) is 0 Å². The van der Waals surface area contributed by atoms with Crippen LogP contribution in [0, 0.1) is 0 Å². The Balaban J connectivity index is 2.60. The van der Waals surface area contributed by atoms with Crippen molar-refractivity contribution in [3.63, 3.8) is 0 Å². The van der Waals surface area contributed by atoms with E-state index in [4.69, 9.17) is 39.5 Å². The van der Waals surface area contributed by atoms with Crippen molar-refractivity contribution in [1.29, 1.82) is 0 Å². The molecule has 0 amide bonds. The SMILES string of the molecule is CONCCOc1c(Cl)cc(Cl)cc1Cl. The lowest BCUT2D eigenvalue weighted by molar-refractivity contribution is 0.0808. The zero-order valence-electron chi connectivity index (χ0n) is 8.02. The summed E-state index contributed by atoms with van der Waals surface area (Å²) in [7, 11) is 1.53. The number of rotatable bonds is 5. The van der Waals surface area contributed by atoms with Crippen LogP contribution in [0.1, 0.15) is 0 Å². The summed E-state index contributed by atoms with van der Waals surface area (Å²) in [6.45, 7) is 0.931. The minimum atomic E-state index is 0.393. The molecule has 0 atom stereocenters. The number of ether oxygens (including phenoxy) is 1. The second-order valence-corrected chi connectivity index (χ2v) is 3.90. The lowest BCUT2D eigenvalue weighted by atomic mass is 10.3. The Morgan fingerprint density at radius 2 is 1.80 bits per heavy atom. The van der Waals surface area contributed by atoms with Crippen LogP contribution in [0.25, 0.3) is 0 Å². The average Bonchev–Trinajstić information content (AvgIpc) is 2.15. The average molecular weight is 271 g/mol. The van der Waals surface area contributed by atoms with Crippen molar-refractivity contribution in [2.24, 2.45) is 0 Å². The number of benzene rings is 1. The van der Waals surface area contributed by atoms with Gasteiger partial charge in [0.2, 0.25) is 0 Å². The van der Waals surface area contributed by atoms with Gasteiger partial charge < -0.3 is 9.57 Å². The Bertz CT molecular complexity index is 310. The molecular formula is C9H10Cl3NO2. The summed E-state index contributed by atoms with van der Waals surface area (Å²) in [4.78, 5) is 4.64. The maximum atomic E-state index is 5.90. The minimum absolute atomic E-state index is 0.393. The van der Waals surface area contributed by atoms with E-state index < -0.39 is 0 Å². The molecule has 0 radical (unpaired) electrons. The molecule has 1 N–H and O–H groups in total. The van der Waals surface area contributed by atoms with E-state index in [2.05, 4.69) is 10.3 Å². The monoisotopic (exact) mass is 269 g/mol. The van der Waals surface area contributed by atoms with Gasteiger partial charge in [-0.15, -0.1) is 0 Å². The smallest absolute Gasteiger partial charge is 0.156 e. The Labute approximate surface area is 103 Å². The summed E-state index contributed by atoms with van der Waals surface area (Å²) in [6.07, 6.45) is 0. The number of hydrogen-bond donors (Lipinski definition) is 1. The molecule has 1 aromatic rings. The van der Waals surface area contributed by atoms with Crippen LogP contribution in [-0.4, -0.2) is 20.3 Å². The molecule has 0 bridgehead atoms. The molecule has 0 aromatic heterocycles. The fourth-order valence-electron chi connectivity index (χ4n) is 0.964. The van der Waals surface area contributed by atoms with Gasteiger partial charge in [0.25, 0.3) is 0 Å². The van der Waals surface area contributed by atoms with Crippen molar-refractivity contribution in [2.45, 2.75) is 0 Å². The molecule has 0 fully saturated rings. The first-order chi connectivity index (χ1) is 7.15. The largest absolute Gasteiger partial charge is 0.489 e. The lowest BCUT2D eigenvalue weighted by Gasteiger charge is -2.10. The quantitative estimate of drug-likeness (QED) is 0.658. The Morgan fingerprint density at radius 1 is 1.20 bits per heavy atom. The van der Waals surface area contributed by atoms with Gasteiger partial charge in [-0.1, -0.05) is 34.8 Å².